The van der Waals surface area contributed by atoms with Crippen LogP contribution in [-0.2, 0) is 10.3 Å². The highest BCUT2D eigenvalue weighted by molar-refractivity contribution is 5.77. The number of rotatable bonds is 6. The van der Waals surface area contributed by atoms with Crippen molar-refractivity contribution in [3.8, 4) is 5.75 Å². The smallest absolute Gasteiger partial charge is 0.224 e. The summed E-state index contributed by atoms with van der Waals surface area (Å²) in [5.41, 5.74) is 1.49. The number of aromatic nitrogens is 1. The predicted octanol–water partition coefficient (Wildman–Crippen LogP) is 3.21. The Morgan fingerprint density at radius 1 is 1.18 bits per heavy atom. The van der Waals surface area contributed by atoms with E-state index in [1.165, 1.54) is 0 Å². The normalized spacial score (nSPS) is 11.0. The van der Waals surface area contributed by atoms with E-state index in [0.717, 1.165) is 17.0 Å². The van der Waals surface area contributed by atoms with Gasteiger partial charge < -0.3 is 10.1 Å². The average Bonchev–Trinajstić information content (AvgIpc) is 2.48. The first kappa shape index (κ1) is 16.0. The van der Waals surface area contributed by atoms with Gasteiger partial charge in [-0.3, -0.25) is 9.78 Å². The molecule has 4 nitrogen and oxygen atoms in total. The summed E-state index contributed by atoms with van der Waals surface area (Å²) in [6, 6.07) is 13.4. The zero-order chi connectivity index (χ0) is 16.0. The van der Waals surface area contributed by atoms with E-state index in [-0.39, 0.29) is 5.91 Å². The number of nitrogens with one attached hydrogen (secondary N) is 1. The second-order valence-electron chi connectivity index (χ2n) is 5.77. The van der Waals surface area contributed by atoms with Crippen LogP contribution in [0.4, 0.5) is 0 Å². The van der Waals surface area contributed by atoms with Crippen LogP contribution in [0, 0.1) is 6.92 Å². The molecule has 1 amide bonds. The third-order valence-corrected chi connectivity index (χ3v) is 3.43. The van der Waals surface area contributed by atoms with Gasteiger partial charge in [-0.15, -0.1) is 0 Å². The Kier molecular flexibility index (Phi) is 5.15. The Bertz CT molecular complexity index is 607. The quantitative estimate of drug-likeness (QED) is 0.891. The van der Waals surface area contributed by atoms with E-state index in [4.69, 9.17) is 4.74 Å². The molecule has 1 aromatic carbocycles. The lowest BCUT2D eigenvalue weighted by Crippen LogP contribution is -2.41. The van der Waals surface area contributed by atoms with Crippen molar-refractivity contribution in [2.24, 2.45) is 0 Å². The predicted molar refractivity (Wildman–Crippen MR) is 86.7 cm³/mol. The van der Waals surface area contributed by atoms with Crippen LogP contribution >= 0.6 is 0 Å². The molecule has 0 radical (unpaired) electrons. The minimum absolute atomic E-state index is 0.0403. The molecule has 1 heterocycles. The molecule has 0 saturated heterocycles. The topological polar surface area (TPSA) is 51.2 Å². The van der Waals surface area contributed by atoms with Crippen molar-refractivity contribution in [2.75, 3.05) is 6.61 Å². The molecule has 1 N–H and O–H groups in total. The van der Waals surface area contributed by atoms with E-state index in [1.54, 1.807) is 6.20 Å². The summed E-state index contributed by atoms with van der Waals surface area (Å²) in [5.74, 6) is 0.735. The SMILES string of the molecule is Cc1ccc(C(C)(C)NC(=O)CCOc2ccccc2)cn1. The van der Waals surface area contributed by atoms with E-state index in [2.05, 4.69) is 10.3 Å². The number of para-hydroxylation sites is 1. The van der Waals surface area contributed by atoms with Gasteiger partial charge in [-0.25, -0.2) is 0 Å². The molecule has 0 aliphatic rings. The van der Waals surface area contributed by atoms with Gasteiger partial charge in [-0.1, -0.05) is 24.3 Å². The van der Waals surface area contributed by atoms with E-state index in [1.807, 2.05) is 63.2 Å². The van der Waals surface area contributed by atoms with E-state index >= 15 is 0 Å². The molecule has 2 rings (SSSR count). The number of nitrogens with zero attached hydrogens (tertiary/aromatic N) is 1. The van der Waals surface area contributed by atoms with Crippen molar-refractivity contribution >= 4 is 5.91 Å². The van der Waals surface area contributed by atoms with Gasteiger partial charge in [0.2, 0.25) is 5.91 Å². The van der Waals surface area contributed by atoms with Crippen LogP contribution in [0.1, 0.15) is 31.5 Å². The maximum Gasteiger partial charge on any atom is 0.224 e. The Balaban J connectivity index is 1.84. The molecule has 0 atom stereocenters. The molecule has 4 heteroatoms. The van der Waals surface area contributed by atoms with Crippen LogP contribution in [0.3, 0.4) is 0 Å². The number of pyridine rings is 1. The highest BCUT2D eigenvalue weighted by Crippen LogP contribution is 2.19. The summed E-state index contributed by atoms with van der Waals surface area (Å²) in [6.07, 6.45) is 2.12. The summed E-state index contributed by atoms with van der Waals surface area (Å²) in [5, 5.41) is 3.02. The lowest BCUT2D eigenvalue weighted by molar-refractivity contribution is -0.123. The lowest BCUT2D eigenvalue weighted by atomic mass is 9.95. The number of aryl methyl sites for hydroxylation is 1. The fraction of sp³-hybridized carbons (Fsp3) is 0.333. The van der Waals surface area contributed by atoms with Gasteiger partial charge in [-0.2, -0.15) is 0 Å². The average molecular weight is 298 g/mol. The Hall–Kier alpha value is -2.36. The summed E-state index contributed by atoms with van der Waals surface area (Å²) < 4.78 is 5.54. The highest BCUT2D eigenvalue weighted by Gasteiger charge is 2.22. The standard InChI is InChI=1S/C18H22N2O2/c1-14-9-10-15(13-19-14)18(2,3)20-17(21)11-12-22-16-7-5-4-6-8-16/h4-10,13H,11-12H2,1-3H3,(H,20,21). The van der Waals surface area contributed by atoms with Crippen LogP contribution in [-0.4, -0.2) is 17.5 Å². The van der Waals surface area contributed by atoms with Crippen molar-refractivity contribution in [1.29, 1.82) is 0 Å². The molecule has 0 spiro atoms. The molecule has 0 aliphatic heterocycles. The van der Waals surface area contributed by atoms with Gasteiger partial charge in [0.15, 0.2) is 0 Å². The van der Waals surface area contributed by atoms with Crippen molar-refractivity contribution in [2.45, 2.75) is 32.7 Å². The first-order valence-electron chi connectivity index (χ1n) is 7.39. The number of hydrogen-bond donors (Lipinski definition) is 1. The molecule has 0 aliphatic carbocycles. The zero-order valence-electron chi connectivity index (χ0n) is 13.3. The van der Waals surface area contributed by atoms with Crippen molar-refractivity contribution in [3.63, 3.8) is 0 Å². The molecule has 22 heavy (non-hydrogen) atoms. The summed E-state index contributed by atoms with van der Waals surface area (Å²) in [7, 11) is 0. The van der Waals surface area contributed by atoms with Gasteiger partial charge in [0.25, 0.3) is 0 Å². The molecule has 0 unspecified atom stereocenters. The van der Waals surface area contributed by atoms with Gasteiger partial charge in [0, 0.05) is 11.9 Å². The Morgan fingerprint density at radius 2 is 1.91 bits per heavy atom. The van der Waals surface area contributed by atoms with Crippen LogP contribution < -0.4 is 10.1 Å². The summed E-state index contributed by atoms with van der Waals surface area (Å²) in [4.78, 5) is 16.4. The van der Waals surface area contributed by atoms with Crippen LogP contribution in [0.2, 0.25) is 0 Å². The molecule has 116 valence electrons. The van der Waals surface area contributed by atoms with Crippen molar-refractivity contribution < 1.29 is 9.53 Å². The lowest BCUT2D eigenvalue weighted by Gasteiger charge is -2.26. The number of amides is 1. The first-order chi connectivity index (χ1) is 10.5. The number of carbonyl (C=O) groups excluding carboxylic acids is 1. The number of ether oxygens (including phenoxy) is 1. The molecule has 0 fully saturated rings. The maximum atomic E-state index is 12.1. The fourth-order valence-electron chi connectivity index (χ4n) is 2.10. The second kappa shape index (κ2) is 7.07. The molecule has 0 saturated carbocycles. The van der Waals surface area contributed by atoms with Gasteiger partial charge in [0.1, 0.15) is 5.75 Å². The zero-order valence-corrected chi connectivity index (χ0v) is 13.3. The van der Waals surface area contributed by atoms with E-state index in [9.17, 15) is 4.79 Å². The molecule has 2 aromatic rings. The van der Waals surface area contributed by atoms with Crippen molar-refractivity contribution in [3.05, 3.63) is 59.9 Å². The third kappa shape index (κ3) is 4.58. The van der Waals surface area contributed by atoms with Gasteiger partial charge in [0.05, 0.1) is 18.6 Å². The largest absolute Gasteiger partial charge is 0.493 e. The first-order valence-corrected chi connectivity index (χ1v) is 7.39. The van der Waals surface area contributed by atoms with Crippen LogP contribution in [0.5, 0.6) is 5.75 Å². The number of carbonyl (C=O) groups is 1. The van der Waals surface area contributed by atoms with Crippen molar-refractivity contribution in [1.82, 2.24) is 10.3 Å². The maximum absolute atomic E-state index is 12.1. The minimum atomic E-state index is -0.454. The molecular formula is C18H22N2O2. The summed E-state index contributed by atoms with van der Waals surface area (Å²) in [6.45, 7) is 6.24. The minimum Gasteiger partial charge on any atom is -0.493 e. The van der Waals surface area contributed by atoms with E-state index in [0.29, 0.717) is 13.0 Å². The monoisotopic (exact) mass is 298 g/mol. The number of hydrogen-bond acceptors (Lipinski definition) is 3. The fourth-order valence-corrected chi connectivity index (χ4v) is 2.10. The molecule has 1 aromatic heterocycles. The summed E-state index contributed by atoms with van der Waals surface area (Å²) >= 11 is 0. The number of benzene rings is 1. The highest BCUT2D eigenvalue weighted by atomic mass is 16.5. The Labute approximate surface area is 131 Å². The van der Waals surface area contributed by atoms with Gasteiger partial charge >= 0.3 is 0 Å². The Morgan fingerprint density at radius 3 is 2.55 bits per heavy atom. The van der Waals surface area contributed by atoms with Crippen LogP contribution in [0.25, 0.3) is 0 Å². The van der Waals surface area contributed by atoms with Crippen LogP contribution in [0.15, 0.2) is 48.7 Å². The second-order valence-corrected chi connectivity index (χ2v) is 5.77. The van der Waals surface area contributed by atoms with E-state index < -0.39 is 5.54 Å². The third-order valence-electron chi connectivity index (χ3n) is 3.43. The van der Waals surface area contributed by atoms with Gasteiger partial charge in [-0.05, 0) is 44.5 Å². The molecule has 0 bridgehead atoms. The molecular weight excluding hydrogens is 276 g/mol.